The van der Waals surface area contributed by atoms with Crippen molar-refractivity contribution in [2.45, 2.75) is 39.7 Å². The van der Waals surface area contributed by atoms with Crippen LogP contribution in [0.5, 0.6) is 5.75 Å². The molecule has 0 bridgehead atoms. The van der Waals surface area contributed by atoms with Gasteiger partial charge in [-0.05, 0) is 61.2 Å². The fourth-order valence-corrected chi connectivity index (χ4v) is 5.04. The summed E-state index contributed by atoms with van der Waals surface area (Å²) in [7, 11) is 0. The lowest BCUT2D eigenvalue weighted by molar-refractivity contribution is 0.0314. The van der Waals surface area contributed by atoms with Crippen molar-refractivity contribution in [1.29, 1.82) is 0 Å². The predicted octanol–water partition coefficient (Wildman–Crippen LogP) is 4.47. The van der Waals surface area contributed by atoms with E-state index in [2.05, 4.69) is 11.8 Å². The molecule has 36 heavy (non-hydrogen) atoms. The number of rotatable bonds is 8. The smallest absolute Gasteiger partial charge is 0.290 e. The van der Waals surface area contributed by atoms with E-state index >= 15 is 0 Å². The zero-order valence-electron chi connectivity index (χ0n) is 21.3. The molecule has 7 heteroatoms. The summed E-state index contributed by atoms with van der Waals surface area (Å²) in [5.74, 6) is 0.657. The Morgan fingerprint density at radius 2 is 1.81 bits per heavy atom. The Kier molecular flexibility index (Phi) is 7.12. The maximum absolute atomic E-state index is 13.9. The molecule has 1 amide bonds. The van der Waals surface area contributed by atoms with E-state index in [1.807, 2.05) is 50.2 Å². The highest BCUT2D eigenvalue weighted by molar-refractivity contribution is 5.99. The van der Waals surface area contributed by atoms with Crippen LogP contribution in [-0.4, -0.2) is 61.7 Å². The Morgan fingerprint density at radius 3 is 2.58 bits per heavy atom. The maximum atomic E-state index is 13.9. The summed E-state index contributed by atoms with van der Waals surface area (Å²) in [5, 5.41) is 0.514. The SMILES string of the molecule is CCCCOc1cccc(C2c3c(oc4cc(C)c(C)cc4c3=O)C(=O)N2CCN2CCOCC2)c1. The summed E-state index contributed by atoms with van der Waals surface area (Å²) < 4.78 is 17.6. The molecule has 190 valence electrons. The van der Waals surface area contributed by atoms with Crippen LogP contribution in [0, 0.1) is 13.8 Å². The summed E-state index contributed by atoms with van der Waals surface area (Å²) in [6.07, 6.45) is 2.02. The third kappa shape index (κ3) is 4.65. The summed E-state index contributed by atoms with van der Waals surface area (Å²) >= 11 is 0. The number of fused-ring (bicyclic) bond motifs is 2. The van der Waals surface area contributed by atoms with E-state index in [0.717, 1.165) is 48.4 Å². The van der Waals surface area contributed by atoms with Crippen LogP contribution in [0.25, 0.3) is 11.0 Å². The van der Waals surface area contributed by atoms with Crippen molar-refractivity contribution in [2.75, 3.05) is 46.0 Å². The standard InChI is InChI=1S/C29H34N2O5/c1-4-5-13-35-22-8-6-7-21(18-22)26-25-27(32)23-16-19(2)20(3)17-24(23)36-28(25)29(33)31(26)10-9-30-11-14-34-15-12-30/h6-8,16-18,26H,4-5,9-15H2,1-3H3. The summed E-state index contributed by atoms with van der Waals surface area (Å²) in [6.45, 7) is 11.0. The van der Waals surface area contributed by atoms with Crippen molar-refractivity contribution in [2.24, 2.45) is 0 Å². The molecular formula is C29H34N2O5. The van der Waals surface area contributed by atoms with Crippen LogP contribution >= 0.6 is 0 Å². The minimum Gasteiger partial charge on any atom is -0.494 e. The Labute approximate surface area is 211 Å². The molecule has 1 atom stereocenters. The van der Waals surface area contributed by atoms with Gasteiger partial charge >= 0.3 is 0 Å². The van der Waals surface area contributed by atoms with Gasteiger partial charge in [-0.25, -0.2) is 0 Å². The summed E-state index contributed by atoms with van der Waals surface area (Å²) in [6, 6.07) is 11.0. The predicted molar refractivity (Wildman–Crippen MR) is 139 cm³/mol. The zero-order chi connectivity index (χ0) is 25.2. The van der Waals surface area contributed by atoms with Gasteiger partial charge in [0.2, 0.25) is 5.76 Å². The number of morpholine rings is 1. The first-order valence-corrected chi connectivity index (χ1v) is 12.9. The van der Waals surface area contributed by atoms with Crippen LogP contribution in [0.15, 0.2) is 45.6 Å². The number of carbonyl (C=O) groups excluding carboxylic acids is 1. The molecule has 0 aliphatic carbocycles. The normalized spacial score (nSPS) is 18.1. The Balaban J connectivity index is 1.58. The average molecular weight is 491 g/mol. The minimum atomic E-state index is -0.523. The average Bonchev–Trinajstić information content (AvgIpc) is 3.17. The van der Waals surface area contributed by atoms with E-state index in [-0.39, 0.29) is 17.1 Å². The van der Waals surface area contributed by atoms with E-state index < -0.39 is 6.04 Å². The molecule has 1 aromatic heterocycles. The fraction of sp³-hybridized carbons (Fsp3) is 0.448. The highest BCUT2D eigenvalue weighted by Gasteiger charge is 2.42. The van der Waals surface area contributed by atoms with Gasteiger partial charge in [-0.2, -0.15) is 0 Å². The van der Waals surface area contributed by atoms with E-state index in [0.29, 0.717) is 49.4 Å². The lowest BCUT2D eigenvalue weighted by atomic mass is 9.97. The highest BCUT2D eigenvalue weighted by Crippen LogP contribution is 2.39. The van der Waals surface area contributed by atoms with Gasteiger partial charge in [0.1, 0.15) is 11.3 Å². The first-order valence-electron chi connectivity index (χ1n) is 12.9. The molecule has 0 N–H and O–H groups in total. The van der Waals surface area contributed by atoms with Crippen molar-refractivity contribution in [3.05, 3.63) is 74.6 Å². The van der Waals surface area contributed by atoms with Crippen molar-refractivity contribution in [1.82, 2.24) is 9.80 Å². The topological polar surface area (TPSA) is 72.2 Å². The second-order valence-electron chi connectivity index (χ2n) is 9.74. The quantitative estimate of drug-likeness (QED) is 0.434. The van der Waals surface area contributed by atoms with Gasteiger partial charge in [0.25, 0.3) is 5.91 Å². The molecule has 3 heterocycles. The van der Waals surface area contributed by atoms with Crippen LogP contribution in [-0.2, 0) is 4.74 Å². The molecule has 7 nitrogen and oxygen atoms in total. The van der Waals surface area contributed by atoms with E-state index in [1.54, 1.807) is 4.90 Å². The second kappa shape index (κ2) is 10.4. The first-order chi connectivity index (χ1) is 17.5. The van der Waals surface area contributed by atoms with Crippen LogP contribution in [0.2, 0.25) is 0 Å². The molecule has 5 rings (SSSR count). The molecular weight excluding hydrogens is 456 g/mol. The Bertz CT molecular complexity index is 1330. The van der Waals surface area contributed by atoms with E-state index in [9.17, 15) is 9.59 Å². The highest BCUT2D eigenvalue weighted by atomic mass is 16.5. The van der Waals surface area contributed by atoms with Gasteiger partial charge in [-0.3, -0.25) is 14.5 Å². The van der Waals surface area contributed by atoms with Crippen molar-refractivity contribution >= 4 is 16.9 Å². The van der Waals surface area contributed by atoms with Crippen LogP contribution in [0.1, 0.15) is 58.6 Å². The Hall–Kier alpha value is -3.16. The number of nitrogens with zero attached hydrogens (tertiary/aromatic N) is 2. The van der Waals surface area contributed by atoms with Crippen molar-refractivity contribution in [3.8, 4) is 5.75 Å². The molecule has 2 aliphatic rings. The molecule has 1 fully saturated rings. The van der Waals surface area contributed by atoms with Crippen molar-refractivity contribution in [3.63, 3.8) is 0 Å². The van der Waals surface area contributed by atoms with Crippen LogP contribution < -0.4 is 10.2 Å². The van der Waals surface area contributed by atoms with Crippen LogP contribution in [0.3, 0.4) is 0 Å². The molecule has 1 saturated heterocycles. The summed E-state index contributed by atoms with van der Waals surface area (Å²) in [5.41, 5.74) is 3.64. The third-order valence-electron chi connectivity index (χ3n) is 7.28. The van der Waals surface area contributed by atoms with Gasteiger partial charge in [0, 0.05) is 26.2 Å². The van der Waals surface area contributed by atoms with Gasteiger partial charge in [-0.1, -0.05) is 25.5 Å². The van der Waals surface area contributed by atoms with Gasteiger partial charge < -0.3 is 18.8 Å². The number of ether oxygens (including phenoxy) is 2. The second-order valence-corrected chi connectivity index (χ2v) is 9.74. The molecule has 2 aliphatic heterocycles. The largest absolute Gasteiger partial charge is 0.494 e. The maximum Gasteiger partial charge on any atom is 0.290 e. The monoisotopic (exact) mass is 490 g/mol. The van der Waals surface area contributed by atoms with E-state index in [4.69, 9.17) is 13.9 Å². The zero-order valence-corrected chi connectivity index (χ0v) is 21.3. The molecule has 0 radical (unpaired) electrons. The minimum absolute atomic E-state index is 0.140. The Morgan fingerprint density at radius 1 is 1.03 bits per heavy atom. The van der Waals surface area contributed by atoms with Gasteiger partial charge in [0.15, 0.2) is 5.43 Å². The number of amides is 1. The molecule has 3 aromatic rings. The summed E-state index contributed by atoms with van der Waals surface area (Å²) in [4.78, 5) is 31.7. The first kappa shape index (κ1) is 24.5. The van der Waals surface area contributed by atoms with E-state index in [1.165, 1.54) is 0 Å². The number of carbonyl (C=O) groups is 1. The number of unbranched alkanes of at least 4 members (excludes halogenated alkanes) is 1. The molecule has 0 spiro atoms. The van der Waals surface area contributed by atoms with Gasteiger partial charge in [-0.15, -0.1) is 0 Å². The van der Waals surface area contributed by atoms with Crippen LogP contribution in [0.4, 0.5) is 0 Å². The lowest BCUT2D eigenvalue weighted by Crippen LogP contribution is -2.42. The number of benzene rings is 2. The lowest BCUT2D eigenvalue weighted by Gasteiger charge is -2.31. The molecule has 2 aromatic carbocycles. The number of aryl methyl sites for hydroxylation is 2. The van der Waals surface area contributed by atoms with Crippen molar-refractivity contribution < 1.29 is 18.7 Å². The molecule has 1 unspecified atom stereocenters. The third-order valence-corrected chi connectivity index (χ3v) is 7.28. The number of hydrogen-bond acceptors (Lipinski definition) is 6. The number of hydrogen-bond donors (Lipinski definition) is 0. The fourth-order valence-electron chi connectivity index (χ4n) is 5.04. The molecule has 0 saturated carbocycles. The van der Waals surface area contributed by atoms with Gasteiger partial charge in [0.05, 0.1) is 36.8 Å².